The van der Waals surface area contributed by atoms with Gasteiger partial charge in [0, 0.05) is 0 Å². The fraction of sp³-hybridized carbons (Fsp3) is 0.938. The molecule has 2 rings (SSSR count). The van der Waals surface area contributed by atoms with Crippen molar-refractivity contribution < 1.29 is 14.3 Å². The van der Waals surface area contributed by atoms with E-state index in [9.17, 15) is 4.79 Å². The van der Waals surface area contributed by atoms with E-state index in [-0.39, 0.29) is 17.5 Å². The van der Waals surface area contributed by atoms with E-state index in [1.54, 1.807) is 0 Å². The molecule has 0 spiro atoms. The van der Waals surface area contributed by atoms with Gasteiger partial charge in [0.1, 0.15) is 0 Å². The number of esters is 1. The van der Waals surface area contributed by atoms with Crippen molar-refractivity contribution in [3.05, 3.63) is 0 Å². The van der Waals surface area contributed by atoms with Gasteiger partial charge in [0.05, 0.1) is 12.7 Å². The second kappa shape index (κ2) is 5.08. The normalized spacial score (nSPS) is 37.3. The Kier molecular flexibility index (Phi) is 3.97. The van der Waals surface area contributed by atoms with Crippen LogP contribution in [0.25, 0.3) is 0 Å². The fourth-order valence-electron chi connectivity index (χ4n) is 4.09. The zero-order chi connectivity index (χ0) is 14.3. The van der Waals surface area contributed by atoms with Crippen LogP contribution in [0.2, 0.25) is 0 Å². The highest BCUT2D eigenvalue weighted by atomic mass is 16.6. The molecule has 0 heterocycles. The van der Waals surface area contributed by atoms with E-state index < -0.39 is 6.10 Å². The number of carbonyl (C=O) groups excluding carboxylic acids is 1. The van der Waals surface area contributed by atoms with Crippen LogP contribution in [0.3, 0.4) is 0 Å². The largest absolute Gasteiger partial charge is 0.464 e. The molecule has 2 aliphatic rings. The molecule has 2 fully saturated rings. The molecule has 2 saturated carbocycles. The number of hydrogen-bond acceptors (Lipinski definition) is 3. The van der Waals surface area contributed by atoms with Crippen LogP contribution < -0.4 is 0 Å². The number of ether oxygens (including phenoxy) is 2. The van der Waals surface area contributed by atoms with Crippen molar-refractivity contribution in [3.63, 3.8) is 0 Å². The van der Waals surface area contributed by atoms with Crippen molar-refractivity contribution in [2.24, 2.45) is 16.7 Å². The van der Waals surface area contributed by atoms with Gasteiger partial charge in [-0.25, -0.2) is 4.79 Å². The van der Waals surface area contributed by atoms with Crippen molar-refractivity contribution >= 4 is 5.97 Å². The average Bonchev–Trinajstić information content (AvgIpc) is 2.68. The summed E-state index contributed by atoms with van der Waals surface area (Å²) >= 11 is 0. The van der Waals surface area contributed by atoms with Gasteiger partial charge in [0.15, 0.2) is 6.10 Å². The van der Waals surface area contributed by atoms with Crippen LogP contribution >= 0.6 is 0 Å². The molecule has 2 aliphatic carbocycles. The van der Waals surface area contributed by atoms with Gasteiger partial charge in [-0.05, 0) is 49.4 Å². The minimum atomic E-state index is -0.392. The van der Waals surface area contributed by atoms with Gasteiger partial charge in [0.25, 0.3) is 0 Å². The number of rotatable bonds is 5. The quantitative estimate of drug-likeness (QED) is 0.715. The molecule has 0 saturated heterocycles. The van der Waals surface area contributed by atoms with Crippen molar-refractivity contribution in [1.82, 2.24) is 0 Å². The fourth-order valence-corrected chi connectivity index (χ4v) is 4.09. The summed E-state index contributed by atoms with van der Waals surface area (Å²) in [6.07, 6.45) is 4.12. The highest BCUT2D eigenvalue weighted by Crippen LogP contribution is 2.66. The molecular weight excluding hydrogens is 240 g/mol. The third kappa shape index (κ3) is 2.20. The minimum Gasteiger partial charge on any atom is -0.464 e. The molecule has 0 aliphatic heterocycles. The van der Waals surface area contributed by atoms with Crippen molar-refractivity contribution in [1.29, 1.82) is 0 Å². The lowest BCUT2D eigenvalue weighted by atomic mass is 9.70. The molecule has 110 valence electrons. The van der Waals surface area contributed by atoms with Crippen LogP contribution in [0, 0.1) is 16.7 Å². The minimum absolute atomic E-state index is 0.200. The molecular formula is C16H28O3. The van der Waals surface area contributed by atoms with Crippen molar-refractivity contribution in [2.75, 3.05) is 6.61 Å². The predicted octanol–water partition coefficient (Wildman–Crippen LogP) is 3.56. The first-order chi connectivity index (χ1) is 8.86. The zero-order valence-corrected chi connectivity index (χ0v) is 13.0. The molecule has 0 aromatic heterocycles. The number of carbonyl (C=O) groups is 1. The van der Waals surface area contributed by atoms with E-state index in [0.29, 0.717) is 18.4 Å². The van der Waals surface area contributed by atoms with E-state index in [2.05, 4.69) is 20.8 Å². The van der Waals surface area contributed by atoms with Gasteiger partial charge in [0.2, 0.25) is 0 Å². The first kappa shape index (κ1) is 14.8. The maximum Gasteiger partial charge on any atom is 0.335 e. The van der Waals surface area contributed by atoms with Crippen LogP contribution in [-0.2, 0) is 14.3 Å². The van der Waals surface area contributed by atoms with Gasteiger partial charge in [-0.15, -0.1) is 0 Å². The smallest absolute Gasteiger partial charge is 0.335 e. The Labute approximate surface area is 117 Å². The standard InChI is InChI=1S/C16H28O3/c1-6-12(14(17)18-7-2)19-13-10-11-8-9-16(13,5)15(11,3)4/h11-13H,6-10H2,1-5H3. The molecule has 0 aromatic rings. The van der Waals surface area contributed by atoms with Crippen LogP contribution in [0.1, 0.15) is 60.3 Å². The van der Waals surface area contributed by atoms with E-state index in [1.807, 2.05) is 13.8 Å². The van der Waals surface area contributed by atoms with Gasteiger partial charge in [-0.2, -0.15) is 0 Å². The number of fused-ring (bicyclic) bond motifs is 2. The van der Waals surface area contributed by atoms with Gasteiger partial charge in [-0.3, -0.25) is 0 Å². The van der Waals surface area contributed by atoms with Crippen LogP contribution in [-0.4, -0.2) is 24.8 Å². The highest BCUT2D eigenvalue weighted by molar-refractivity contribution is 5.74. The highest BCUT2D eigenvalue weighted by Gasteiger charge is 2.62. The van der Waals surface area contributed by atoms with Crippen LogP contribution in [0.5, 0.6) is 0 Å². The summed E-state index contributed by atoms with van der Waals surface area (Å²) in [6, 6.07) is 0. The molecule has 0 N–H and O–H groups in total. The van der Waals surface area contributed by atoms with E-state index in [1.165, 1.54) is 12.8 Å². The van der Waals surface area contributed by atoms with Gasteiger partial charge in [-0.1, -0.05) is 27.7 Å². The number of hydrogen-bond donors (Lipinski definition) is 0. The summed E-state index contributed by atoms with van der Waals surface area (Å²) in [5.74, 6) is 0.538. The van der Waals surface area contributed by atoms with Crippen molar-refractivity contribution in [3.8, 4) is 0 Å². The van der Waals surface area contributed by atoms with Crippen LogP contribution in [0.15, 0.2) is 0 Å². The topological polar surface area (TPSA) is 35.5 Å². The Hall–Kier alpha value is -0.570. The Bertz CT molecular complexity index is 350. The SMILES string of the molecule is CCOC(=O)C(CC)OC1CC2CCC1(C)C2(C)C. The first-order valence-electron chi connectivity index (χ1n) is 7.69. The van der Waals surface area contributed by atoms with Gasteiger partial charge >= 0.3 is 5.97 Å². The summed E-state index contributed by atoms with van der Waals surface area (Å²) < 4.78 is 11.3. The van der Waals surface area contributed by atoms with Crippen molar-refractivity contribution in [2.45, 2.75) is 72.5 Å². The summed E-state index contributed by atoms with van der Waals surface area (Å²) in [5, 5.41) is 0. The van der Waals surface area contributed by atoms with Crippen LogP contribution in [0.4, 0.5) is 0 Å². The van der Waals surface area contributed by atoms with Gasteiger partial charge < -0.3 is 9.47 Å². The third-order valence-electron chi connectivity index (χ3n) is 5.96. The summed E-state index contributed by atoms with van der Waals surface area (Å²) in [4.78, 5) is 11.9. The molecule has 0 aromatic carbocycles. The molecule has 0 radical (unpaired) electrons. The summed E-state index contributed by atoms with van der Waals surface area (Å²) in [7, 11) is 0. The molecule has 2 bridgehead atoms. The predicted molar refractivity (Wildman–Crippen MR) is 74.8 cm³/mol. The lowest BCUT2D eigenvalue weighted by Crippen LogP contribution is -2.41. The maximum atomic E-state index is 11.9. The first-order valence-corrected chi connectivity index (χ1v) is 7.69. The molecule has 4 unspecified atom stereocenters. The van der Waals surface area contributed by atoms with E-state index in [4.69, 9.17) is 9.47 Å². The van der Waals surface area contributed by atoms with E-state index in [0.717, 1.165) is 12.3 Å². The third-order valence-corrected chi connectivity index (χ3v) is 5.96. The van der Waals surface area contributed by atoms with E-state index >= 15 is 0 Å². The Morgan fingerprint density at radius 2 is 2.00 bits per heavy atom. The lowest BCUT2D eigenvalue weighted by Gasteiger charge is -2.39. The summed E-state index contributed by atoms with van der Waals surface area (Å²) in [6.45, 7) is 11.3. The molecule has 19 heavy (non-hydrogen) atoms. The Balaban J connectivity index is 2.06. The monoisotopic (exact) mass is 268 g/mol. The molecule has 3 nitrogen and oxygen atoms in total. The second-order valence-corrected chi connectivity index (χ2v) is 6.88. The Morgan fingerprint density at radius 3 is 2.42 bits per heavy atom. The summed E-state index contributed by atoms with van der Waals surface area (Å²) in [5.41, 5.74) is 0.530. The maximum absolute atomic E-state index is 11.9. The second-order valence-electron chi connectivity index (χ2n) is 6.88. The molecule has 0 amide bonds. The zero-order valence-electron chi connectivity index (χ0n) is 13.0. The molecule has 3 heteroatoms. The lowest BCUT2D eigenvalue weighted by molar-refractivity contribution is -0.167. The molecule has 4 atom stereocenters. The Morgan fingerprint density at radius 1 is 1.32 bits per heavy atom. The average molecular weight is 268 g/mol.